The Labute approximate surface area is 104 Å². The van der Waals surface area contributed by atoms with E-state index in [0.29, 0.717) is 0 Å². The van der Waals surface area contributed by atoms with Gasteiger partial charge in [-0.1, -0.05) is 13.8 Å². The van der Waals surface area contributed by atoms with Crippen LogP contribution in [0.15, 0.2) is 24.3 Å². The lowest BCUT2D eigenvalue weighted by atomic mass is 10.2. The molecule has 1 heterocycles. The molecule has 3 heteroatoms. The van der Waals surface area contributed by atoms with Crippen molar-refractivity contribution in [2.75, 3.05) is 38.1 Å². The molecule has 0 aliphatic carbocycles. The van der Waals surface area contributed by atoms with Crippen LogP contribution in [0.2, 0.25) is 0 Å². The zero-order valence-corrected chi connectivity index (χ0v) is 11.0. The fourth-order valence-electron chi connectivity index (χ4n) is 1.83. The van der Waals surface area contributed by atoms with Gasteiger partial charge in [0.25, 0.3) is 0 Å². The highest BCUT2D eigenvalue weighted by Crippen LogP contribution is 2.16. The van der Waals surface area contributed by atoms with Gasteiger partial charge in [0.2, 0.25) is 0 Å². The third-order valence-electron chi connectivity index (χ3n) is 2.90. The van der Waals surface area contributed by atoms with Gasteiger partial charge in [-0.3, -0.25) is 4.79 Å². The molecule has 1 aliphatic heterocycles. The third kappa shape index (κ3) is 3.86. The van der Waals surface area contributed by atoms with Crippen molar-refractivity contribution in [3.05, 3.63) is 29.8 Å². The fraction of sp³-hybridized carbons (Fsp3) is 0.500. The molecule has 1 saturated heterocycles. The van der Waals surface area contributed by atoms with Crippen LogP contribution in [0.1, 0.15) is 24.2 Å². The minimum absolute atomic E-state index is 0.743. The SMILES string of the molecule is CC.CN1CCN(c2ccc(C=O)cc2)CC1. The van der Waals surface area contributed by atoms with E-state index in [1.807, 2.05) is 38.1 Å². The summed E-state index contributed by atoms with van der Waals surface area (Å²) in [5, 5.41) is 0. The maximum atomic E-state index is 10.5. The first kappa shape index (κ1) is 13.7. The van der Waals surface area contributed by atoms with Gasteiger partial charge in [-0.05, 0) is 31.3 Å². The smallest absolute Gasteiger partial charge is 0.150 e. The number of benzene rings is 1. The Morgan fingerprint density at radius 3 is 2.00 bits per heavy atom. The number of nitrogens with zero attached hydrogens (tertiary/aromatic N) is 2. The predicted molar refractivity (Wildman–Crippen MR) is 72.9 cm³/mol. The summed E-state index contributed by atoms with van der Waals surface area (Å²) in [5.41, 5.74) is 1.96. The lowest BCUT2D eigenvalue weighted by Gasteiger charge is -2.34. The Balaban J connectivity index is 0.000000686. The van der Waals surface area contributed by atoms with Crippen LogP contribution in [-0.4, -0.2) is 44.4 Å². The van der Waals surface area contributed by atoms with Gasteiger partial charge in [0.05, 0.1) is 0 Å². The first-order valence-corrected chi connectivity index (χ1v) is 6.28. The van der Waals surface area contributed by atoms with E-state index in [2.05, 4.69) is 16.8 Å². The lowest BCUT2D eigenvalue weighted by molar-refractivity contribution is 0.112. The van der Waals surface area contributed by atoms with Crippen molar-refractivity contribution >= 4 is 12.0 Å². The molecule has 1 fully saturated rings. The average molecular weight is 234 g/mol. The zero-order chi connectivity index (χ0) is 12.7. The lowest BCUT2D eigenvalue weighted by Crippen LogP contribution is -2.44. The van der Waals surface area contributed by atoms with E-state index in [4.69, 9.17) is 0 Å². The van der Waals surface area contributed by atoms with Crippen molar-refractivity contribution in [1.29, 1.82) is 0 Å². The van der Waals surface area contributed by atoms with Crippen molar-refractivity contribution in [2.45, 2.75) is 13.8 Å². The first-order chi connectivity index (χ1) is 8.29. The number of hydrogen-bond acceptors (Lipinski definition) is 3. The van der Waals surface area contributed by atoms with Gasteiger partial charge in [-0.15, -0.1) is 0 Å². The van der Waals surface area contributed by atoms with Crippen LogP contribution in [0.4, 0.5) is 5.69 Å². The molecule has 0 amide bonds. The number of aldehydes is 1. The number of carbonyl (C=O) groups is 1. The minimum atomic E-state index is 0.743. The van der Waals surface area contributed by atoms with Gasteiger partial charge in [0.15, 0.2) is 0 Å². The molecular formula is C14H22N2O. The molecule has 0 unspecified atom stereocenters. The van der Waals surface area contributed by atoms with Gasteiger partial charge in [0, 0.05) is 37.4 Å². The summed E-state index contributed by atoms with van der Waals surface area (Å²) >= 11 is 0. The molecule has 0 spiro atoms. The number of rotatable bonds is 2. The summed E-state index contributed by atoms with van der Waals surface area (Å²) in [7, 11) is 2.15. The monoisotopic (exact) mass is 234 g/mol. The molecule has 2 rings (SSSR count). The number of anilines is 1. The number of hydrogen-bond donors (Lipinski definition) is 0. The summed E-state index contributed by atoms with van der Waals surface area (Å²) < 4.78 is 0. The topological polar surface area (TPSA) is 23.6 Å². The maximum Gasteiger partial charge on any atom is 0.150 e. The molecule has 0 atom stereocenters. The Hall–Kier alpha value is -1.35. The van der Waals surface area contributed by atoms with Crippen LogP contribution < -0.4 is 4.90 Å². The molecule has 3 nitrogen and oxygen atoms in total. The van der Waals surface area contributed by atoms with E-state index in [1.165, 1.54) is 5.69 Å². The van der Waals surface area contributed by atoms with Crippen LogP contribution in [0.5, 0.6) is 0 Å². The van der Waals surface area contributed by atoms with Gasteiger partial charge in [0.1, 0.15) is 6.29 Å². The highest BCUT2D eigenvalue weighted by Gasteiger charge is 2.13. The predicted octanol–water partition coefficient (Wildman–Crippen LogP) is 2.28. The van der Waals surface area contributed by atoms with Crippen LogP contribution in [0.3, 0.4) is 0 Å². The molecule has 0 N–H and O–H groups in total. The maximum absolute atomic E-state index is 10.5. The van der Waals surface area contributed by atoms with Crippen LogP contribution in [-0.2, 0) is 0 Å². The van der Waals surface area contributed by atoms with Gasteiger partial charge >= 0.3 is 0 Å². The third-order valence-corrected chi connectivity index (χ3v) is 2.90. The van der Waals surface area contributed by atoms with E-state index in [-0.39, 0.29) is 0 Å². The molecule has 17 heavy (non-hydrogen) atoms. The molecule has 0 saturated carbocycles. The first-order valence-electron chi connectivity index (χ1n) is 6.28. The second kappa shape index (κ2) is 7.07. The normalized spacial score (nSPS) is 16.1. The Kier molecular flexibility index (Phi) is 5.70. The van der Waals surface area contributed by atoms with E-state index in [1.54, 1.807) is 0 Å². The van der Waals surface area contributed by atoms with Crippen LogP contribution in [0.25, 0.3) is 0 Å². The molecule has 1 aromatic carbocycles. The summed E-state index contributed by atoms with van der Waals surface area (Å²) in [6.45, 7) is 8.35. The number of piperazine rings is 1. The highest BCUT2D eigenvalue weighted by atomic mass is 16.1. The summed E-state index contributed by atoms with van der Waals surface area (Å²) in [5.74, 6) is 0. The molecule has 0 aromatic heterocycles. The van der Waals surface area contributed by atoms with Crippen molar-refractivity contribution < 1.29 is 4.79 Å². The minimum Gasteiger partial charge on any atom is -0.369 e. The van der Waals surface area contributed by atoms with Gasteiger partial charge in [-0.2, -0.15) is 0 Å². The van der Waals surface area contributed by atoms with Gasteiger partial charge in [-0.25, -0.2) is 0 Å². The van der Waals surface area contributed by atoms with E-state index in [0.717, 1.165) is 38.0 Å². The molecule has 1 aromatic rings. The molecule has 1 aliphatic rings. The van der Waals surface area contributed by atoms with Crippen molar-refractivity contribution in [3.63, 3.8) is 0 Å². The average Bonchev–Trinajstić information content (AvgIpc) is 2.42. The summed E-state index contributed by atoms with van der Waals surface area (Å²) in [4.78, 5) is 15.2. The standard InChI is InChI=1S/C12H16N2O.C2H6/c1-13-6-8-14(9-7-13)12-4-2-11(10-15)3-5-12;1-2/h2-5,10H,6-9H2,1H3;1-2H3. The van der Waals surface area contributed by atoms with E-state index in [9.17, 15) is 4.79 Å². The Bertz CT molecular complexity index is 327. The second-order valence-electron chi connectivity index (χ2n) is 4.00. The van der Waals surface area contributed by atoms with Crippen LogP contribution >= 0.6 is 0 Å². The molecule has 0 radical (unpaired) electrons. The Morgan fingerprint density at radius 1 is 1.00 bits per heavy atom. The quantitative estimate of drug-likeness (QED) is 0.733. The van der Waals surface area contributed by atoms with E-state index >= 15 is 0 Å². The summed E-state index contributed by atoms with van der Waals surface area (Å²) in [6, 6.07) is 7.80. The second-order valence-corrected chi connectivity index (χ2v) is 4.00. The molecular weight excluding hydrogens is 212 g/mol. The van der Waals surface area contributed by atoms with Gasteiger partial charge < -0.3 is 9.80 Å². The number of carbonyl (C=O) groups excluding carboxylic acids is 1. The largest absolute Gasteiger partial charge is 0.369 e. The van der Waals surface area contributed by atoms with Crippen molar-refractivity contribution in [2.24, 2.45) is 0 Å². The van der Waals surface area contributed by atoms with Crippen molar-refractivity contribution in [1.82, 2.24) is 4.90 Å². The Morgan fingerprint density at radius 2 is 1.53 bits per heavy atom. The summed E-state index contributed by atoms with van der Waals surface area (Å²) in [6.07, 6.45) is 0.883. The van der Waals surface area contributed by atoms with Crippen LogP contribution in [0, 0.1) is 0 Å². The molecule has 0 bridgehead atoms. The van der Waals surface area contributed by atoms with E-state index < -0.39 is 0 Å². The fourth-order valence-corrected chi connectivity index (χ4v) is 1.83. The highest BCUT2D eigenvalue weighted by molar-refractivity contribution is 5.75. The zero-order valence-electron chi connectivity index (χ0n) is 11.0. The number of likely N-dealkylation sites (N-methyl/N-ethyl adjacent to an activating group) is 1. The molecule has 94 valence electrons. The van der Waals surface area contributed by atoms with Crippen molar-refractivity contribution in [3.8, 4) is 0 Å².